The maximum atomic E-state index is 12.3. The Morgan fingerprint density at radius 3 is 2.40 bits per heavy atom. The Kier molecular flexibility index (Phi) is 7.02. The smallest absolute Gasteiger partial charge is 0.244 e. The summed E-state index contributed by atoms with van der Waals surface area (Å²) in [6, 6.07) is 15.2. The Labute approximate surface area is 153 Å². The molecule has 0 radical (unpaired) electrons. The van der Waals surface area contributed by atoms with E-state index in [9.17, 15) is 9.59 Å². The van der Waals surface area contributed by atoms with Crippen LogP contribution in [-0.2, 0) is 22.4 Å². The van der Waals surface area contributed by atoms with E-state index in [0.29, 0.717) is 18.0 Å². The number of anilines is 1. The Hall–Kier alpha value is -2.33. The molecule has 0 aliphatic carbocycles. The molecule has 2 aromatic rings. The molecule has 0 aliphatic rings. The molecule has 0 unspecified atom stereocenters. The van der Waals surface area contributed by atoms with Gasteiger partial charge in [-0.3, -0.25) is 9.59 Å². The Bertz CT molecular complexity index is 729. The molecule has 0 atom stereocenters. The van der Waals surface area contributed by atoms with E-state index in [2.05, 4.69) is 5.32 Å². The van der Waals surface area contributed by atoms with Crippen molar-refractivity contribution in [2.75, 3.05) is 18.4 Å². The van der Waals surface area contributed by atoms with Crippen LogP contribution >= 0.6 is 11.6 Å². The van der Waals surface area contributed by atoms with Gasteiger partial charge in [0.2, 0.25) is 11.8 Å². The normalized spacial score (nSPS) is 10.4. The zero-order chi connectivity index (χ0) is 18.2. The van der Waals surface area contributed by atoms with E-state index < -0.39 is 0 Å². The number of carbonyl (C=O) groups excluding carboxylic acids is 2. The van der Waals surface area contributed by atoms with Crippen molar-refractivity contribution < 1.29 is 9.59 Å². The Morgan fingerprint density at radius 2 is 1.76 bits per heavy atom. The Morgan fingerprint density at radius 1 is 1.08 bits per heavy atom. The number of hydrogen-bond acceptors (Lipinski definition) is 2. The molecule has 132 valence electrons. The molecule has 0 aromatic heterocycles. The van der Waals surface area contributed by atoms with E-state index in [1.807, 2.05) is 55.5 Å². The van der Waals surface area contributed by atoms with Gasteiger partial charge in [0.25, 0.3) is 0 Å². The highest BCUT2D eigenvalue weighted by Gasteiger charge is 2.14. The number of amides is 2. The number of hydrogen-bond donors (Lipinski definition) is 1. The fraction of sp³-hybridized carbons (Fsp3) is 0.300. The summed E-state index contributed by atoms with van der Waals surface area (Å²) in [6.07, 6.45) is 1.51. The highest BCUT2D eigenvalue weighted by molar-refractivity contribution is 6.30. The summed E-state index contributed by atoms with van der Waals surface area (Å²) in [6.45, 7) is 4.05. The van der Waals surface area contributed by atoms with Crippen LogP contribution in [0.2, 0.25) is 5.02 Å². The number of nitrogens with zero attached hydrogens (tertiary/aromatic N) is 1. The van der Waals surface area contributed by atoms with Gasteiger partial charge in [-0.2, -0.15) is 0 Å². The zero-order valence-electron chi connectivity index (χ0n) is 14.6. The van der Waals surface area contributed by atoms with Gasteiger partial charge in [-0.25, -0.2) is 0 Å². The lowest BCUT2D eigenvalue weighted by Gasteiger charge is -2.21. The van der Waals surface area contributed by atoms with Gasteiger partial charge in [0, 0.05) is 24.2 Å². The first kappa shape index (κ1) is 19.0. The van der Waals surface area contributed by atoms with E-state index in [1.165, 1.54) is 6.92 Å². The maximum Gasteiger partial charge on any atom is 0.244 e. The van der Waals surface area contributed by atoms with Gasteiger partial charge in [0.05, 0.1) is 6.54 Å². The minimum atomic E-state index is -0.188. The van der Waals surface area contributed by atoms with Gasteiger partial charge in [0.1, 0.15) is 0 Å². The van der Waals surface area contributed by atoms with Crippen molar-refractivity contribution in [1.29, 1.82) is 0 Å². The number of carbonyl (C=O) groups is 2. The average molecular weight is 359 g/mol. The number of para-hydroxylation sites is 1. The minimum absolute atomic E-state index is 0.0426. The van der Waals surface area contributed by atoms with Crippen molar-refractivity contribution in [2.45, 2.75) is 26.7 Å². The quantitative estimate of drug-likeness (QED) is 0.815. The maximum absolute atomic E-state index is 12.3. The third kappa shape index (κ3) is 5.91. The van der Waals surface area contributed by atoms with Crippen LogP contribution in [0.25, 0.3) is 0 Å². The predicted molar refractivity (Wildman–Crippen MR) is 102 cm³/mol. The largest absolute Gasteiger partial charge is 0.333 e. The van der Waals surface area contributed by atoms with Crippen molar-refractivity contribution in [2.24, 2.45) is 0 Å². The molecule has 0 spiro atoms. The zero-order valence-corrected chi connectivity index (χ0v) is 15.3. The number of aryl methyl sites for hydroxylation is 1. The summed E-state index contributed by atoms with van der Waals surface area (Å²) < 4.78 is 0. The fourth-order valence-electron chi connectivity index (χ4n) is 2.58. The van der Waals surface area contributed by atoms with Crippen LogP contribution in [0.4, 0.5) is 5.69 Å². The molecule has 0 saturated heterocycles. The lowest BCUT2D eigenvalue weighted by molar-refractivity contribution is -0.132. The first-order chi connectivity index (χ1) is 12.0. The second-order valence-corrected chi connectivity index (χ2v) is 6.31. The number of rotatable bonds is 7. The number of benzene rings is 2. The van der Waals surface area contributed by atoms with Crippen LogP contribution in [0, 0.1) is 0 Å². The van der Waals surface area contributed by atoms with Gasteiger partial charge in [-0.1, -0.05) is 48.9 Å². The van der Waals surface area contributed by atoms with E-state index in [4.69, 9.17) is 11.6 Å². The molecule has 0 saturated carbocycles. The number of halogens is 1. The minimum Gasteiger partial charge on any atom is -0.333 e. The second-order valence-electron chi connectivity index (χ2n) is 5.88. The molecule has 2 rings (SSSR count). The highest BCUT2D eigenvalue weighted by Crippen LogP contribution is 2.15. The van der Waals surface area contributed by atoms with Crippen molar-refractivity contribution in [1.82, 2.24) is 4.90 Å². The van der Waals surface area contributed by atoms with Gasteiger partial charge in [-0.15, -0.1) is 0 Å². The van der Waals surface area contributed by atoms with E-state index >= 15 is 0 Å². The predicted octanol–water partition coefficient (Wildman–Crippen LogP) is 3.93. The van der Waals surface area contributed by atoms with Crippen LogP contribution in [0.1, 0.15) is 25.0 Å². The molecule has 2 aromatic carbocycles. The van der Waals surface area contributed by atoms with Crippen molar-refractivity contribution in [3.8, 4) is 0 Å². The molecule has 2 amide bonds. The lowest BCUT2D eigenvalue weighted by atomic mass is 10.1. The molecule has 0 aliphatic heterocycles. The number of nitrogens with one attached hydrogen (secondary N) is 1. The first-order valence-electron chi connectivity index (χ1n) is 8.37. The SMILES string of the molecule is CCc1ccccc1NC(=O)CN(CCc1ccc(Cl)cc1)C(C)=O. The molecule has 0 bridgehead atoms. The van der Waals surface area contributed by atoms with Crippen molar-refractivity contribution in [3.05, 3.63) is 64.7 Å². The summed E-state index contributed by atoms with van der Waals surface area (Å²) in [7, 11) is 0. The monoisotopic (exact) mass is 358 g/mol. The highest BCUT2D eigenvalue weighted by atomic mass is 35.5. The summed E-state index contributed by atoms with van der Waals surface area (Å²) in [5.74, 6) is -0.305. The molecular weight excluding hydrogens is 336 g/mol. The second kappa shape index (κ2) is 9.23. The van der Waals surface area contributed by atoms with Crippen LogP contribution in [0.5, 0.6) is 0 Å². The summed E-state index contributed by atoms with van der Waals surface area (Å²) in [5.41, 5.74) is 2.95. The van der Waals surface area contributed by atoms with Crippen LogP contribution in [0.15, 0.2) is 48.5 Å². The summed E-state index contributed by atoms with van der Waals surface area (Å²) in [4.78, 5) is 25.7. The lowest BCUT2D eigenvalue weighted by Crippen LogP contribution is -2.38. The molecule has 0 heterocycles. The standard InChI is InChI=1S/C20H23ClN2O2/c1-3-17-6-4-5-7-19(17)22-20(25)14-23(15(2)24)13-12-16-8-10-18(21)11-9-16/h4-11H,3,12-14H2,1-2H3,(H,22,25). The van der Waals surface area contributed by atoms with E-state index in [1.54, 1.807) is 4.90 Å². The summed E-state index contributed by atoms with van der Waals surface area (Å²) >= 11 is 5.88. The van der Waals surface area contributed by atoms with Gasteiger partial charge >= 0.3 is 0 Å². The van der Waals surface area contributed by atoms with Crippen LogP contribution < -0.4 is 5.32 Å². The van der Waals surface area contributed by atoms with Crippen molar-refractivity contribution in [3.63, 3.8) is 0 Å². The first-order valence-corrected chi connectivity index (χ1v) is 8.75. The van der Waals surface area contributed by atoms with Gasteiger partial charge in [0.15, 0.2) is 0 Å². The molecule has 1 N–H and O–H groups in total. The summed E-state index contributed by atoms with van der Waals surface area (Å²) in [5, 5.41) is 3.58. The van der Waals surface area contributed by atoms with E-state index in [-0.39, 0.29) is 18.4 Å². The van der Waals surface area contributed by atoms with Gasteiger partial charge < -0.3 is 10.2 Å². The van der Waals surface area contributed by atoms with Crippen LogP contribution in [-0.4, -0.2) is 29.8 Å². The Balaban J connectivity index is 1.95. The topological polar surface area (TPSA) is 49.4 Å². The molecule has 4 nitrogen and oxygen atoms in total. The van der Waals surface area contributed by atoms with E-state index in [0.717, 1.165) is 23.2 Å². The van der Waals surface area contributed by atoms with Gasteiger partial charge in [-0.05, 0) is 42.2 Å². The van der Waals surface area contributed by atoms with Crippen LogP contribution in [0.3, 0.4) is 0 Å². The molecular formula is C20H23ClN2O2. The molecule has 25 heavy (non-hydrogen) atoms. The fourth-order valence-corrected chi connectivity index (χ4v) is 2.70. The van der Waals surface area contributed by atoms with Crippen molar-refractivity contribution >= 4 is 29.1 Å². The third-order valence-electron chi connectivity index (χ3n) is 4.04. The molecule has 0 fully saturated rings. The average Bonchev–Trinajstić information content (AvgIpc) is 2.60. The molecule has 5 heteroatoms. The third-order valence-corrected chi connectivity index (χ3v) is 4.29.